The molecular weight excluding hydrogens is 446 g/mol. The molecule has 0 aromatic heterocycles. The highest BCUT2D eigenvalue weighted by Gasteiger charge is 2.46. The maximum Gasteiger partial charge on any atom is 0.295 e. The molecule has 2 aromatic rings. The number of nitrogens with zero attached hydrogens (tertiary/aromatic N) is 1. The Hall–Kier alpha value is -3.03. The molecule has 2 aromatic carbocycles. The quantitative estimate of drug-likeness (QED) is 0.325. The van der Waals surface area contributed by atoms with Gasteiger partial charge in [-0.05, 0) is 62.7 Å². The SMILES string of the molecule is CCOc1cc(C2/C(=C(/O)c3ccc(Cl)cc3)C(=O)C(=O)N2CCOC)ccc1OC(C)C. The van der Waals surface area contributed by atoms with Gasteiger partial charge >= 0.3 is 0 Å². The molecule has 1 saturated heterocycles. The van der Waals surface area contributed by atoms with E-state index in [1.54, 1.807) is 42.5 Å². The summed E-state index contributed by atoms with van der Waals surface area (Å²) in [5.74, 6) is -0.679. The molecule has 1 heterocycles. The lowest BCUT2D eigenvalue weighted by Gasteiger charge is -2.26. The van der Waals surface area contributed by atoms with Gasteiger partial charge in [0.2, 0.25) is 0 Å². The second-order valence-corrected chi connectivity index (χ2v) is 8.23. The fourth-order valence-electron chi connectivity index (χ4n) is 3.72. The topological polar surface area (TPSA) is 85.3 Å². The summed E-state index contributed by atoms with van der Waals surface area (Å²) in [5.41, 5.74) is 0.998. The van der Waals surface area contributed by atoms with E-state index >= 15 is 0 Å². The van der Waals surface area contributed by atoms with Gasteiger partial charge in [0, 0.05) is 24.2 Å². The molecule has 0 radical (unpaired) electrons. The molecule has 0 spiro atoms. The minimum absolute atomic E-state index is 0.00148. The maximum atomic E-state index is 13.0. The highest BCUT2D eigenvalue weighted by molar-refractivity contribution is 6.46. The van der Waals surface area contributed by atoms with E-state index in [1.165, 1.54) is 12.0 Å². The molecular formula is C25H28ClNO6. The van der Waals surface area contributed by atoms with Crippen LogP contribution in [0.2, 0.25) is 5.02 Å². The number of carbonyl (C=O) groups excluding carboxylic acids is 2. The number of amides is 1. The van der Waals surface area contributed by atoms with Crippen LogP contribution in [0.5, 0.6) is 11.5 Å². The summed E-state index contributed by atoms with van der Waals surface area (Å²) in [6, 6.07) is 10.9. The Morgan fingerprint density at radius 1 is 1.12 bits per heavy atom. The zero-order valence-electron chi connectivity index (χ0n) is 19.1. The number of ether oxygens (including phenoxy) is 3. The van der Waals surface area contributed by atoms with Gasteiger partial charge in [-0.3, -0.25) is 9.59 Å². The molecule has 1 aliphatic heterocycles. The predicted molar refractivity (Wildman–Crippen MR) is 126 cm³/mol. The Bertz CT molecular complexity index is 1050. The number of carbonyl (C=O) groups is 2. The Balaban J connectivity index is 2.16. The van der Waals surface area contributed by atoms with Crippen molar-refractivity contribution in [1.29, 1.82) is 0 Å². The fourth-order valence-corrected chi connectivity index (χ4v) is 3.85. The molecule has 1 aliphatic rings. The predicted octanol–water partition coefficient (Wildman–Crippen LogP) is 4.59. The van der Waals surface area contributed by atoms with Crippen LogP contribution in [0.15, 0.2) is 48.0 Å². The van der Waals surface area contributed by atoms with Crippen molar-refractivity contribution in [3.8, 4) is 11.5 Å². The summed E-state index contributed by atoms with van der Waals surface area (Å²) in [6.07, 6.45) is -0.0627. The average Bonchev–Trinajstić information content (AvgIpc) is 3.03. The molecule has 176 valence electrons. The van der Waals surface area contributed by atoms with Crippen LogP contribution in [0.3, 0.4) is 0 Å². The third kappa shape index (κ3) is 5.31. The molecule has 1 amide bonds. The molecule has 1 unspecified atom stereocenters. The molecule has 0 saturated carbocycles. The van der Waals surface area contributed by atoms with E-state index in [0.717, 1.165) is 0 Å². The maximum absolute atomic E-state index is 13.0. The number of ketones is 1. The normalized spacial score (nSPS) is 17.6. The number of aliphatic hydroxyl groups is 1. The van der Waals surface area contributed by atoms with Crippen LogP contribution in [0.1, 0.15) is 37.9 Å². The molecule has 8 heteroatoms. The van der Waals surface area contributed by atoms with Crippen LogP contribution in [-0.4, -0.2) is 54.7 Å². The van der Waals surface area contributed by atoms with Crippen molar-refractivity contribution in [2.24, 2.45) is 0 Å². The zero-order valence-corrected chi connectivity index (χ0v) is 19.9. The molecule has 0 aliphatic carbocycles. The number of benzene rings is 2. The number of hydrogen-bond donors (Lipinski definition) is 1. The van der Waals surface area contributed by atoms with Gasteiger partial charge in [0.1, 0.15) is 5.76 Å². The van der Waals surface area contributed by atoms with Crippen LogP contribution in [0.25, 0.3) is 5.76 Å². The van der Waals surface area contributed by atoms with Crippen LogP contribution >= 0.6 is 11.6 Å². The second-order valence-electron chi connectivity index (χ2n) is 7.80. The molecule has 3 rings (SSSR count). The number of rotatable bonds is 9. The second kappa shape index (κ2) is 10.7. The van der Waals surface area contributed by atoms with Gasteiger partial charge in [-0.1, -0.05) is 17.7 Å². The van der Waals surface area contributed by atoms with E-state index in [0.29, 0.717) is 34.3 Å². The minimum atomic E-state index is -0.817. The molecule has 7 nitrogen and oxygen atoms in total. The van der Waals surface area contributed by atoms with Gasteiger partial charge in [-0.25, -0.2) is 0 Å². The summed E-state index contributed by atoms with van der Waals surface area (Å²) in [5, 5.41) is 11.6. The van der Waals surface area contributed by atoms with E-state index in [9.17, 15) is 14.7 Å². The average molecular weight is 474 g/mol. The number of Topliss-reactive ketones (excluding diaryl/α,β-unsaturated/α-hetero) is 1. The lowest BCUT2D eigenvalue weighted by atomic mass is 9.95. The highest BCUT2D eigenvalue weighted by atomic mass is 35.5. The summed E-state index contributed by atoms with van der Waals surface area (Å²) in [6.45, 7) is 6.50. The van der Waals surface area contributed by atoms with Crippen molar-refractivity contribution >= 4 is 29.1 Å². The van der Waals surface area contributed by atoms with Gasteiger partial charge in [0.15, 0.2) is 11.5 Å². The van der Waals surface area contributed by atoms with Crippen LogP contribution in [0.4, 0.5) is 0 Å². The lowest BCUT2D eigenvalue weighted by molar-refractivity contribution is -0.140. The van der Waals surface area contributed by atoms with E-state index in [-0.39, 0.29) is 30.6 Å². The fraction of sp³-hybridized carbons (Fsp3) is 0.360. The number of likely N-dealkylation sites (tertiary alicyclic amines) is 1. The Morgan fingerprint density at radius 2 is 1.82 bits per heavy atom. The number of halogens is 1. The van der Waals surface area contributed by atoms with Crippen molar-refractivity contribution < 1.29 is 28.9 Å². The number of methoxy groups -OCH3 is 1. The third-order valence-corrected chi connectivity index (χ3v) is 5.39. The standard InChI is InChI=1S/C25H28ClNO6/c1-5-32-20-14-17(8-11-19(20)33-15(2)3)22-21(23(28)16-6-9-18(26)10-7-16)24(29)25(30)27(22)12-13-31-4/h6-11,14-15,22,28H,5,12-13H2,1-4H3/b23-21-. The van der Waals surface area contributed by atoms with Crippen molar-refractivity contribution in [3.63, 3.8) is 0 Å². The summed E-state index contributed by atoms with van der Waals surface area (Å²) >= 11 is 5.96. The monoisotopic (exact) mass is 473 g/mol. The molecule has 1 atom stereocenters. The van der Waals surface area contributed by atoms with E-state index in [1.807, 2.05) is 20.8 Å². The smallest absolute Gasteiger partial charge is 0.295 e. The van der Waals surface area contributed by atoms with Gasteiger partial charge in [0.25, 0.3) is 11.7 Å². The first-order valence-electron chi connectivity index (χ1n) is 10.7. The van der Waals surface area contributed by atoms with E-state index < -0.39 is 17.7 Å². The van der Waals surface area contributed by atoms with Crippen molar-refractivity contribution in [2.75, 3.05) is 26.9 Å². The first-order chi connectivity index (χ1) is 15.8. The minimum Gasteiger partial charge on any atom is -0.507 e. The summed E-state index contributed by atoms with van der Waals surface area (Å²) in [7, 11) is 1.52. The first kappa shape index (κ1) is 24.6. The molecule has 1 N–H and O–H groups in total. The number of hydrogen-bond acceptors (Lipinski definition) is 6. The Kier molecular flexibility index (Phi) is 8.00. The van der Waals surface area contributed by atoms with Crippen LogP contribution < -0.4 is 9.47 Å². The van der Waals surface area contributed by atoms with Gasteiger partial charge < -0.3 is 24.2 Å². The first-order valence-corrected chi connectivity index (χ1v) is 11.1. The van der Waals surface area contributed by atoms with Crippen molar-refractivity contribution in [1.82, 2.24) is 4.90 Å². The van der Waals surface area contributed by atoms with Gasteiger partial charge in [0.05, 0.1) is 30.9 Å². The van der Waals surface area contributed by atoms with Gasteiger partial charge in [-0.15, -0.1) is 0 Å². The highest BCUT2D eigenvalue weighted by Crippen LogP contribution is 2.42. The van der Waals surface area contributed by atoms with Crippen LogP contribution in [-0.2, 0) is 14.3 Å². The lowest BCUT2D eigenvalue weighted by Crippen LogP contribution is -2.32. The van der Waals surface area contributed by atoms with E-state index in [4.69, 9.17) is 25.8 Å². The van der Waals surface area contributed by atoms with Crippen molar-refractivity contribution in [3.05, 3.63) is 64.2 Å². The van der Waals surface area contributed by atoms with Gasteiger partial charge in [-0.2, -0.15) is 0 Å². The van der Waals surface area contributed by atoms with Crippen LogP contribution in [0, 0.1) is 0 Å². The molecule has 33 heavy (non-hydrogen) atoms. The summed E-state index contributed by atoms with van der Waals surface area (Å²) < 4.78 is 16.8. The number of aliphatic hydroxyl groups excluding tert-OH is 1. The Morgan fingerprint density at radius 3 is 2.42 bits per heavy atom. The zero-order chi connectivity index (χ0) is 24.1. The molecule has 0 bridgehead atoms. The largest absolute Gasteiger partial charge is 0.507 e. The van der Waals surface area contributed by atoms with E-state index in [2.05, 4.69) is 0 Å². The third-order valence-electron chi connectivity index (χ3n) is 5.14. The van der Waals surface area contributed by atoms with Crippen molar-refractivity contribution in [2.45, 2.75) is 32.9 Å². The molecule has 1 fully saturated rings. The Labute approximate surface area is 198 Å². The summed E-state index contributed by atoms with van der Waals surface area (Å²) in [4.78, 5) is 27.4.